The van der Waals surface area contributed by atoms with Crippen molar-refractivity contribution in [1.82, 2.24) is 0 Å². The average molecular weight is 569 g/mol. The number of ether oxygens (including phenoxy) is 3. The molecule has 0 fully saturated rings. The van der Waals surface area contributed by atoms with Crippen LogP contribution in [0.2, 0.25) is 0 Å². The van der Waals surface area contributed by atoms with Gasteiger partial charge in [-0.2, -0.15) is 0 Å². The first kappa shape index (κ1) is 28.1. The highest BCUT2D eigenvalue weighted by Gasteiger charge is 2.21. The standard InChI is InChI=1S/C29H33BrN2O5/c1-6-35-25-17-23(32-28(34)19-11-9-8-10-12-19)26(36-7-2)16-22(25)31-27(33)18-37-24-14-13-20(30)15-21(24)29(3,4)5/h8-17H,6-7,18H2,1-5H3,(H,31,33)(H,32,34). The summed E-state index contributed by atoms with van der Waals surface area (Å²) in [7, 11) is 0. The summed E-state index contributed by atoms with van der Waals surface area (Å²) in [6, 6.07) is 17.9. The van der Waals surface area contributed by atoms with Crippen LogP contribution in [0.15, 0.2) is 65.1 Å². The van der Waals surface area contributed by atoms with Crippen molar-refractivity contribution in [2.75, 3.05) is 30.5 Å². The molecule has 0 saturated heterocycles. The van der Waals surface area contributed by atoms with E-state index in [1.807, 2.05) is 38.1 Å². The van der Waals surface area contributed by atoms with Crippen LogP contribution >= 0.6 is 15.9 Å². The molecule has 7 nitrogen and oxygen atoms in total. The van der Waals surface area contributed by atoms with E-state index in [-0.39, 0.29) is 23.8 Å². The molecule has 37 heavy (non-hydrogen) atoms. The van der Waals surface area contributed by atoms with Gasteiger partial charge in [0.15, 0.2) is 6.61 Å². The van der Waals surface area contributed by atoms with Gasteiger partial charge in [0, 0.05) is 27.7 Å². The number of amides is 2. The Morgan fingerprint density at radius 1 is 0.784 bits per heavy atom. The number of nitrogens with one attached hydrogen (secondary N) is 2. The smallest absolute Gasteiger partial charge is 0.262 e. The van der Waals surface area contributed by atoms with Crippen molar-refractivity contribution in [3.05, 3.63) is 76.3 Å². The fourth-order valence-electron chi connectivity index (χ4n) is 3.63. The van der Waals surface area contributed by atoms with Gasteiger partial charge in [0.25, 0.3) is 11.8 Å². The minimum absolute atomic E-state index is 0.163. The van der Waals surface area contributed by atoms with Crippen molar-refractivity contribution in [2.24, 2.45) is 0 Å². The number of hydrogen-bond donors (Lipinski definition) is 2. The van der Waals surface area contributed by atoms with Gasteiger partial charge in [0.1, 0.15) is 17.2 Å². The summed E-state index contributed by atoms with van der Waals surface area (Å²) in [4.78, 5) is 25.6. The molecule has 0 saturated carbocycles. The third-order valence-electron chi connectivity index (χ3n) is 5.35. The van der Waals surface area contributed by atoms with E-state index < -0.39 is 0 Å². The van der Waals surface area contributed by atoms with Gasteiger partial charge >= 0.3 is 0 Å². The van der Waals surface area contributed by atoms with Crippen LogP contribution < -0.4 is 24.8 Å². The van der Waals surface area contributed by atoms with Gasteiger partial charge in [-0.3, -0.25) is 9.59 Å². The predicted molar refractivity (Wildman–Crippen MR) is 150 cm³/mol. The molecule has 8 heteroatoms. The van der Waals surface area contributed by atoms with Gasteiger partial charge in [-0.15, -0.1) is 0 Å². The molecule has 0 aliphatic carbocycles. The number of rotatable bonds is 10. The molecule has 0 atom stereocenters. The Bertz CT molecular complexity index is 1240. The number of benzene rings is 3. The SMILES string of the molecule is CCOc1cc(NC(=O)c2ccccc2)c(OCC)cc1NC(=O)COc1ccc(Br)cc1C(C)(C)C. The second-order valence-electron chi connectivity index (χ2n) is 9.26. The quantitative estimate of drug-likeness (QED) is 0.280. The highest BCUT2D eigenvalue weighted by molar-refractivity contribution is 9.10. The first-order valence-electron chi connectivity index (χ1n) is 12.1. The fourth-order valence-corrected chi connectivity index (χ4v) is 3.99. The van der Waals surface area contributed by atoms with Crippen LogP contribution in [0.3, 0.4) is 0 Å². The van der Waals surface area contributed by atoms with Crippen LogP contribution in [-0.2, 0) is 10.2 Å². The topological polar surface area (TPSA) is 85.9 Å². The molecule has 0 aliphatic rings. The van der Waals surface area contributed by atoms with E-state index in [2.05, 4.69) is 47.3 Å². The van der Waals surface area contributed by atoms with E-state index in [0.717, 1.165) is 10.0 Å². The molecule has 3 aromatic carbocycles. The molecule has 0 aromatic heterocycles. The van der Waals surface area contributed by atoms with Gasteiger partial charge in [0.05, 0.1) is 24.6 Å². The van der Waals surface area contributed by atoms with Crippen molar-refractivity contribution in [3.63, 3.8) is 0 Å². The molecule has 0 bridgehead atoms. The molecule has 196 valence electrons. The first-order valence-corrected chi connectivity index (χ1v) is 12.9. The van der Waals surface area contributed by atoms with Gasteiger partial charge in [-0.25, -0.2) is 0 Å². The molecule has 0 aliphatic heterocycles. The van der Waals surface area contributed by atoms with Crippen molar-refractivity contribution in [1.29, 1.82) is 0 Å². The van der Waals surface area contributed by atoms with E-state index in [1.54, 1.807) is 36.4 Å². The predicted octanol–water partition coefficient (Wildman–Crippen LogP) is 6.81. The zero-order chi connectivity index (χ0) is 27.0. The summed E-state index contributed by atoms with van der Waals surface area (Å²) in [5, 5.41) is 5.73. The number of carbonyl (C=O) groups is 2. The maximum atomic E-state index is 12.9. The van der Waals surface area contributed by atoms with Crippen molar-refractivity contribution < 1.29 is 23.8 Å². The lowest BCUT2D eigenvalue weighted by molar-refractivity contribution is -0.118. The summed E-state index contributed by atoms with van der Waals surface area (Å²) in [5.74, 6) is 0.825. The average Bonchev–Trinajstić information content (AvgIpc) is 2.86. The van der Waals surface area contributed by atoms with Crippen LogP contribution in [-0.4, -0.2) is 31.6 Å². The van der Waals surface area contributed by atoms with Crippen molar-refractivity contribution in [3.8, 4) is 17.2 Å². The lowest BCUT2D eigenvalue weighted by atomic mass is 9.86. The maximum Gasteiger partial charge on any atom is 0.262 e. The van der Waals surface area contributed by atoms with Gasteiger partial charge < -0.3 is 24.8 Å². The highest BCUT2D eigenvalue weighted by atomic mass is 79.9. The van der Waals surface area contributed by atoms with Crippen molar-refractivity contribution >= 4 is 39.1 Å². The summed E-state index contributed by atoms with van der Waals surface area (Å²) < 4.78 is 18.4. The Balaban J connectivity index is 1.81. The number of halogens is 1. The van der Waals surface area contributed by atoms with Crippen molar-refractivity contribution in [2.45, 2.75) is 40.0 Å². The lowest BCUT2D eigenvalue weighted by Gasteiger charge is -2.23. The van der Waals surface area contributed by atoms with Gasteiger partial charge in [0.2, 0.25) is 0 Å². The molecule has 0 spiro atoms. The fraction of sp³-hybridized carbons (Fsp3) is 0.310. The van der Waals surface area contributed by atoms with E-state index in [1.165, 1.54) is 0 Å². The van der Waals surface area contributed by atoms with E-state index in [4.69, 9.17) is 14.2 Å². The largest absolute Gasteiger partial charge is 0.492 e. The Hall–Kier alpha value is -3.52. The third-order valence-corrected chi connectivity index (χ3v) is 5.84. The van der Waals surface area contributed by atoms with Crippen LogP contribution in [0.1, 0.15) is 50.5 Å². The molecule has 0 unspecified atom stereocenters. The second-order valence-corrected chi connectivity index (χ2v) is 10.2. The molecule has 3 aromatic rings. The number of carbonyl (C=O) groups excluding carboxylic acids is 2. The monoisotopic (exact) mass is 568 g/mol. The molecule has 3 rings (SSSR count). The van der Waals surface area contributed by atoms with Crippen LogP contribution in [0.5, 0.6) is 17.2 Å². The normalized spacial score (nSPS) is 11.0. The minimum Gasteiger partial charge on any atom is -0.492 e. The molecule has 0 radical (unpaired) electrons. The van der Waals surface area contributed by atoms with Crippen LogP contribution in [0, 0.1) is 0 Å². The van der Waals surface area contributed by atoms with Crippen LogP contribution in [0.25, 0.3) is 0 Å². The summed E-state index contributed by atoms with van der Waals surface area (Å²) in [6.07, 6.45) is 0. The van der Waals surface area contributed by atoms with E-state index in [9.17, 15) is 9.59 Å². The van der Waals surface area contributed by atoms with E-state index in [0.29, 0.717) is 47.4 Å². The van der Waals surface area contributed by atoms with Gasteiger partial charge in [-0.05, 0) is 49.6 Å². The summed E-state index contributed by atoms with van der Waals surface area (Å²) in [5.41, 5.74) is 2.20. The highest BCUT2D eigenvalue weighted by Crippen LogP contribution is 2.37. The first-order chi connectivity index (χ1) is 17.6. The minimum atomic E-state index is -0.354. The Kier molecular flexibility index (Phi) is 9.58. The Morgan fingerprint density at radius 2 is 1.38 bits per heavy atom. The summed E-state index contributed by atoms with van der Waals surface area (Å²) in [6.45, 7) is 10.5. The van der Waals surface area contributed by atoms with Crippen LogP contribution in [0.4, 0.5) is 11.4 Å². The van der Waals surface area contributed by atoms with E-state index >= 15 is 0 Å². The Morgan fingerprint density at radius 3 is 1.95 bits per heavy atom. The molecular weight excluding hydrogens is 536 g/mol. The lowest BCUT2D eigenvalue weighted by Crippen LogP contribution is -2.22. The molecular formula is C29H33BrN2O5. The molecule has 0 heterocycles. The third kappa shape index (κ3) is 7.73. The maximum absolute atomic E-state index is 12.9. The van der Waals surface area contributed by atoms with Gasteiger partial charge in [-0.1, -0.05) is 54.9 Å². The molecule has 2 amide bonds. The number of hydrogen-bond acceptors (Lipinski definition) is 5. The zero-order valence-corrected chi connectivity index (χ0v) is 23.4. The zero-order valence-electron chi connectivity index (χ0n) is 21.8. The number of anilines is 2. The summed E-state index contributed by atoms with van der Waals surface area (Å²) >= 11 is 3.50. The Labute approximate surface area is 226 Å². The molecule has 2 N–H and O–H groups in total. The second kappa shape index (κ2) is 12.6.